The molecule has 0 radical (unpaired) electrons. The van der Waals surface area contributed by atoms with E-state index in [2.05, 4.69) is 10.3 Å². The van der Waals surface area contributed by atoms with Crippen LogP contribution in [0, 0.1) is 6.92 Å². The molecule has 6 nitrogen and oxygen atoms in total. The van der Waals surface area contributed by atoms with Gasteiger partial charge in [0.15, 0.2) is 5.44 Å². The van der Waals surface area contributed by atoms with Crippen LogP contribution in [0.15, 0.2) is 59.5 Å². The van der Waals surface area contributed by atoms with Gasteiger partial charge in [0, 0.05) is 22.7 Å². The lowest BCUT2D eigenvalue weighted by Crippen LogP contribution is -2.46. The summed E-state index contributed by atoms with van der Waals surface area (Å²) in [5, 5.41) is 14.6. The molecule has 3 aromatic rings. The first-order valence-corrected chi connectivity index (χ1v) is 11.7. The maximum absolute atomic E-state index is 12.8. The summed E-state index contributed by atoms with van der Waals surface area (Å²) in [5.41, 5.74) is 1.41. The molecule has 1 aliphatic rings. The van der Waals surface area contributed by atoms with E-state index in [1.807, 2.05) is 37.3 Å². The van der Waals surface area contributed by atoms with Gasteiger partial charge in [0.05, 0.1) is 10.4 Å². The Morgan fingerprint density at radius 2 is 1.93 bits per heavy atom. The second-order valence-corrected chi connectivity index (χ2v) is 9.74. The Bertz CT molecular complexity index is 1120. The first kappa shape index (κ1) is 20.8. The lowest BCUT2D eigenvalue weighted by molar-refractivity contribution is 0.178. The smallest absolute Gasteiger partial charge is 0.206 e. The van der Waals surface area contributed by atoms with E-state index in [0.29, 0.717) is 18.8 Å². The summed E-state index contributed by atoms with van der Waals surface area (Å²) in [6.07, 6.45) is 2.57. The third-order valence-corrected chi connectivity index (χ3v) is 7.38. The van der Waals surface area contributed by atoms with Crippen molar-refractivity contribution in [2.75, 3.05) is 6.54 Å². The van der Waals surface area contributed by atoms with Gasteiger partial charge in [-0.3, -0.25) is 4.98 Å². The van der Waals surface area contributed by atoms with E-state index in [-0.39, 0.29) is 4.90 Å². The van der Waals surface area contributed by atoms with Crippen LogP contribution >= 0.6 is 0 Å². The fraction of sp³-hybridized carbons (Fsp3) is 0.348. The highest BCUT2D eigenvalue weighted by Crippen LogP contribution is 2.25. The van der Waals surface area contributed by atoms with Crippen molar-refractivity contribution in [3.05, 3.63) is 65.9 Å². The van der Waals surface area contributed by atoms with Gasteiger partial charge in [0.1, 0.15) is 12.4 Å². The number of nitrogens with zero attached hydrogens (tertiary/aromatic N) is 1. The number of aliphatic hydroxyl groups is 1. The van der Waals surface area contributed by atoms with Crippen molar-refractivity contribution in [1.82, 2.24) is 10.3 Å². The Kier molecular flexibility index (Phi) is 6.04. The number of nitrogens with one attached hydrogen (secondary N) is 1. The summed E-state index contributed by atoms with van der Waals surface area (Å²) in [7, 11) is -3.83. The average molecular weight is 427 g/mol. The molecule has 1 saturated heterocycles. The predicted octanol–water partition coefficient (Wildman–Crippen LogP) is 3.36. The molecule has 1 aliphatic heterocycles. The standard InChI is InChI=1S/C23H26N2O4S/c1-16-14-17(20-6-2-3-7-21(20)25-16)15-29-18-9-11-19(12-10-18)30(27,28)23(26)22-8-4-5-13-24-22/h2-3,6-7,9-12,14,22-24,26H,4-5,8,13,15H2,1H3. The van der Waals surface area contributed by atoms with Gasteiger partial charge in [-0.25, -0.2) is 8.42 Å². The minimum atomic E-state index is -3.83. The number of pyridine rings is 1. The normalized spacial score (nSPS) is 18.3. The van der Waals surface area contributed by atoms with Gasteiger partial charge in [-0.15, -0.1) is 0 Å². The molecule has 7 heteroatoms. The lowest BCUT2D eigenvalue weighted by atomic mass is 10.1. The summed E-state index contributed by atoms with van der Waals surface area (Å²) in [6, 6.07) is 15.7. The van der Waals surface area contributed by atoms with Gasteiger partial charge in [0.25, 0.3) is 0 Å². The molecule has 2 aromatic carbocycles. The van der Waals surface area contributed by atoms with Crippen molar-refractivity contribution in [3.8, 4) is 5.75 Å². The van der Waals surface area contributed by atoms with Gasteiger partial charge in [-0.05, 0) is 62.7 Å². The van der Waals surface area contributed by atoms with Crippen molar-refractivity contribution >= 4 is 20.7 Å². The number of ether oxygens (including phenoxy) is 1. The Hall–Kier alpha value is -2.48. The number of para-hydroxylation sites is 1. The van der Waals surface area contributed by atoms with E-state index in [4.69, 9.17) is 4.74 Å². The second kappa shape index (κ2) is 8.71. The summed E-state index contributed by atoms with van der Waals surface area (Å²) >= 11 is 0. The minimum Gasteiger partial charge on any atom is -0.489 e. The van der Waals surface area contributed by atoms with Crippen molar-refractivity contribution in [2.45, 2.75) is 49.2 Å². The topological polar surface area (TPSA) is 88.5 Å². The van der Waals surface area contributed by atoms with E-state index in [0.717, 1.165) is 41.5 Å². The maximum Gasteiger partial charge on any atom is 0.206 e. The first-order chi connectivity index (χ1) is 14.4. The molecular formula is C23H26N2O4S. The van der Waals surface area contributed by atoms with Crippen LogP contribution in [-0.4, -0.2) is 36.5 Å². The van der Waals surface area contributed by atoms with E-state index < -0.39 is 21.3 Å². The number of hydrogen-bond acceptors (Lipinski definition) is 6. The van der Waals surface area contributed by atoms with Crippen molar-refractivity contribution in [3.63, 3.8) is 0 Å². The number of hydrogen-bond donors (Lipinski definition) is 2. The van der Waals surface area contributed by atoms with Crippen molar-refractivity contribution in [1.29, 1.82) is 0 Å². The fourth-order valence-electron chi connectivity index (χ4n) is 3.88. The lowest BCUT2D eigenvalue weighted by Gasteiger charge is -2.27. The quantitative estimate of drug-likeness (QED) is 0.628. The second-order valence-electron chi connectivity index (χ2n) is 7.69. The monoisotopic (exact) mass is 426 g/mol. The molecule has 158 valence electrons. The Labute approximate surface area is 176 Å². The third kappa shape index (κ3) is 4.33. The van der Waals surface area contributed by atoms with Crippen LogP contribution in [-0.2, 0) is 16.4 Å². The van der Waals surface area contributed by atoms with Gasteiger partial charge >= 0.3 is 0 Å². The molecular weight excluding hydrogens is 400 g/mol. The molecule has 0 bridgehead atoms. The Morgan fingerprint density at radius 3 is 2.67 bits per heavy atom. The van der Waals surface area contributed by atoms with Crippen LogP contribution in [0.4, 0.5) is 0 Å². The van der Waals surface area contributed by atoms with E-state index in [9.17, 15) is 13.5 Å². The molecule has 2 N–H and O–H groups in total. The largest absolute Gasteiger partial charge is 0.489 e. The molecule has 1 aromatic heterocycles. The van der Waals surface area contributed by atoms with E-state index >= 15 is 0 Å². The number of sulfone groups is 1. The number of benzene rings is 2. The van der Waals surface area contributed by atoms with Crippen LogP contribution in [0.3, 0.4) is 0 Å². The molecule has 4 rings (SSSR count). The van der Waals surface area contributed by atoms with E-state index in [1.165, 1.54) is 12.1 Å². The number of aryl methyl sites for hydroxylation is 1. The zero-order valence-corrected chi connectivity index (χ0v) is 17.7. The molecule has 2 unspecified atom stereocenters. The minimum absolute atomic E-state index is 0.0972. The van der Waals surface area contributed by atoms with Crippen LogP contribution in [0.5, 0.6) is 5.75 Å². The van der Waals surface area contributed by atoms with Crippen LogP contribution in [0.2, 0.25) is 0 Å². The Balaban J connectivity index is 1.48. The molecule has 1 fully saturated rings. The average Bonchev–Trinajstić information content (AvgIpc) is 2.77. The van der Waals surface area contributed by atoms with Gasteiger partial charge in [-0.2, -0.15) is 0 Å². The SMILES string of the molecule is Cc1cc(COc2ccc(S(=O)(=O)C(O)C3CCCCN3)cc2)c2ccccc2n1. The van der Waals surface area contributed by atoms with Crippen LogP contribution in [0.1, 0.15) is 30.5 Å². The predicted molar refractivity (Wildman–Crippen MR) is 116 cm³/mol. The van der Waals surface area contributed by atoms with Crippen molar-refractivity contribution in [2.24, 2.45) is 0 Å². The first-order valence-electron chi connectivity index (χ1n) is 10.2. The molecule has 0 amide bonds. The maximum atomic E-state index is 12.8. The van der Waals surface area contributed by atoms with Crippen LogP contribution < -0.4 is 10.1 Å². The molecule has 0 spiro atoms. The number of piperidine rings is 1. The number of aliphatic hydroxyl groups excluding tert-OH is 1. The van der Waals surface area contributed by atoms with Crippen LogP contribution in [0.25, 0.3) is 10.9 Å². The summed E-state index contributed by atoms with van der Waals surface area (Å²) in [4.78, 5) is 4.63. The van der Waals surface area contributed by atoms with Gasteiger partial charge in [0.2, 0.25) is 9.84 Å². The number of rotatable bonds is 6. The molecule has 0 saturated carbocycles. The summed E-state index contributed by atoms with van der Waals surface area (Å²) in [6.45, 7) is 3.03. The number of aromatic nitrogens is 1. The highest BCUT2D eigenvalue weighted by Gasteiger charge is 2.33. The molecule has 30 heavy (non-hydrogen) atoms. The van der Waals surface area contributed by atoms with Gasteiger partial charge in [-0.1, -0.05) is 24.6 Å². The zero-order valence-electron chi connectivity index (χ0n) is 16.9. The summed E-state index contributed by atoms with van der Waals surface area (Å²) in [5.74, 6) is 0.567. The highest BCUT2D eigenvalue weighted by molar-refractivity contribution is 7.92. The molecule has 2 heterocycles. The highest BCUT2D eigenvalue weighted by atomic mass is 32.2. The van der Waals surface area contributed by atoms with Gasteiger partial charge < -0.3 is 15.2 Å². The van der Waals surface area contributed by atoms with E-state index in [1.54, 1.807) is 12.1 Å². The Morgan fingerprint density at radius 1 is 1.17 bits per heavy atom. The molecule has 2 atom stereocenters. The number of fused-ring (bicyclic) bond motifs is 1. The van der Waals surface area contributed by atoms with Crippen molar-refractivity contribution < 1.29 is 18.3 Å². The zero-order chi connectivity index (χ0) is 21.1. The third-order valence-electron chi connectivity index (χ3n) is 5.49. The summed E-state index contributed by atoms with van der Waals surface area (Å²) < 4.78 is 31.4. The fourth-order valence-corrected chi connectivity index (χ4v) is 5.34. The molecule has 0 aliphatic carbocycles.